The van der Waals surface area contributed by atoms with Gasteiger partial charge >= 0.3 is 0 Å². The number of nitrogens with zero attached hydrogens (tertiary/aromatic N) is 3. The van der Waals surface area contributed by atoms with Crippen molar-refractivity contribution >= 4 is 11.9 Å². The maximum atomic E-state index is 12.8. The first-order valence-corrected chi connectivity index (χ1v) is 7.61. The highest BCUT2D eigenvalue weighted by atomic mass is 16.2. The van der Waals surface area contributed by atoms with Gasteiger partial charge in [0, 0.05) is 18.7 Å². The average Bonchev–Trinajstić information content (AvgIpc) is 2.94. The highest BCUT2D eigenvalue weighted by Crippen LogP contribution is 2.22. The number of rotatable bonds is 3. The Hall–Kier alpha value is -2.15. The van der Waals surface area contributed by atoms with E-state index in [0.717, 1.165) is 25.9 Å². The molecular formula is C15H21N5O2. The van der Waals surface area contributed by atoms with Crippen LogP contribution in [0.1, 0.15) is 24.1 Å². The van der Waals surface area contributed by atoms with Crippen LogP contribution in [0.2, 0.25) is 0 Å². The molecule has 7 nitrogen and oxygen atoms in total. The van der Waals surface area contributed by atoms with Gasteiger partial charge in [0.1, 0.15) is 0 Å². The van der Waals surface area contributed by atoms with E-state index in [4.69, 9.17) is 5.73 Å². The normalized spacial score (nSPS) is 21.6. The number of amides is 1. The van der Waals surface area contributed by atoms with Gasteiger partial charge in [0.2, 0.25) is 11.9 Å². The zero-order valence-electron chi connectivity index (χ0n) is 12.5. The van der Waals surface area contributed by atoms with Crippen molar-refractivity contribution in [1.82, 2.24) is 19.8 Å². The number of nitrogen functional groups attached to an aromatic ring is 1. The SMILES string of the molecule is C=CCN1CCCC1C(=O)N1CCc2c(nc(N)[nH]c2=O)C1. The van der Waals surface area contributed by atoms with Crippen LogP contribution in [0.4, 0.5) is 5.95 Å². The van der Waals surface area contributed by atoms with E-state index in [1.54, 1.807) is 4.90 Å². The van der Waals surface area contributed by atoms with E-state index in [1.807, 2.05) is 6.08 Å². The second-order valence-electron chi connectivity index (χ2n) is 5.83. The Balaban J connectivity index is 1.78. The second kappa shape index (κ2) is 5.92. The summed E-state index contributed by atoms with van der Waals surface area (Å²) in [6, 6.07) is -0.0844. The number of fused-ring (bicyclic) bond motifs is 1. The Kier molecular flexibility index (Phi) is 3.98. The van der Waals surface area contributed by atoms with Crippen LogP contribution in [-0.4, -0.2) is 51.4 Å². The molecule has 1 aromatic rings. The van der Waals surface area contributed by atoms with Crippen LogP contribution in [0.25, 0.3) is 0 Å². The van der Waals surface area contributed by atoms with E-state index >= 15 is 0 Å². The Morgan fingerprint density at radius 1 is 1.50 bits per heavy atom. The third-order valence-electron chi connectivity index (χ3n) is 4.42. The summed E-state index contributed by atoms with van der Waals surface area (Å²) in [4.78, 5) is 35.3. The molecule has 0 bridgehead atoms. The zero-order chi connectivity index (χ0) is 15.7. The molecule has 3 N–H and O–H groups in total. The van der Waals surface area contributed by atoms with Crippen LogP contribution in [-0.2, 0) is 17.8 Å². The summed E-state index contributed by atoms with van der Waals surface area (Å²) in [5.74, 6) is 0.220. The molecule has 1 saturated heterocycles. The second-order valence-corrected chi connectivity index (χ2v) is 5.83. The highest BCUT2D eigenvalue weighted by Gasteiger charge is 2.34. The lowest BCUT2D eigenvalue weighted by molar-refractivity contribution is -0.136. The minimum absolute atomic E-state index is 0.0844. The molecule has 0 spiro atoms. The maximum absolute atomic E-state index is 12.8. The molecule has 2 aliphatic heterocycles. The molecule has 0 aromatic carbocycles. The molecule has 1 amide bonds. The van der Waals surface area contributed by atoms with Gasteiger partial charge in [-0.15, -0.1) is 6.58 Å². The van der Waals surface area contributed by atoms with Crippen molar-refractivity contribution in [3.8, 4) is 0 Å². The minimum atomic E-state index is -0.191. The quantitative estimate of drug-likeness (QED) is 0.760. The third-order valence-corrected chi connectivity index (χ3v) is 4.42. The number of nitrogens with two attached hydrogens (primary N) is 1. The van der Waals surface area contributed by atoms with E-state index in [2.05, 4.69) is 21.4 Å². The first-order chi connectivity index (χ1) is 10.6. The summed E-state index contributed by atoms with van der Waals surface area (Å²) >= 11 is 0. The molecule has 1 atom stereocenters. The molecule has 118 valence electrons. The fraction of sp³-hybridized carbons (Fsp3) is 0.533. The molecule has 2 aliphatic rings. The van der Waals surface area contributed by atoms with Crippen molar-refractivity contribution in [2.45, 2.75) is 31.8 Å². The van der Waals surface area contributed by atoms with E-state index in [0.29, 0.717) is 30.8 Å². The number of hydrogen-bond acceptors (Lipinski definition) is 5. The van der Waals surface area contributed by atoms with Gasteiger partial charge in [-0.05, 0) is 25.8 Å². The number of carbonyl (C=O) groups excluding carboxylic acids is 1. The Labute approximate surface area is 128 Å². The topological polar surface area (TPSA) is 95.3 Å². The molecule has 1 unspecified atom stereocenters. The van der Waals surface area contributed by atoms with Gasteiger partial charge in [0.25, 0.3) is 5.56 Å². The van der Waals surface area contributed by atoms with Gasteiger partial charge in [-0.1, -0.05) is 6.08 Å². The van der Waals surface area contributed by atoms with Crippen molar-refractivity contribution in [2.75, 3.05) is 25.4 Å². The molecule has 1 fully saturated rings. The molecule has 3 heterocycles. The van der Waals surface area contributed by atoms with Crippen LogP contribution >= 0.6 is 0 Å². The predicted octanol–water partition coefficient (Wildman–Crippen LogP) is -0.113. The standard InChI is InChI=1S/C15H21N5O2/c1-2-6-19-7-3-4-12(19)14(22)20-8-5-10-11(9-20)17-15(16)18-13(10)21/h2,12H,1,3-9H2,(H3,16,17,18,21). The van der Waals surface area contributed by atoms with Gasteiger partial charge in [0.05, 0.1) is 18.3 Å². The number of nitrogens with one attached hydrogen (secondary N) is 1. The van der Waals surface area contributed by atoms with Crippen molar-refractivity contribution < 1.29 is 4.79 Å². The van der Waals surface area contributed by atoms with Crippen LogP contribution in [0.3, 0.4) is 0 Å². The number of aromatic nitrogens is 2. The van der Waals surface area contributed by atoms with Crippen molar-refractivity contribution in [3.63, 3.8) is 0 Å². The molecular weight excluding hydrogens is 282 g/mol. The summed E-state index contributed by atoms with van der Waals surface area (Å²) in [5.41, 5.74) is 6.67. The predicted molar refractivity (Wildman–Crippen MR) is 83.2 cm³/mol. The number of anilines is 1. The van der Waals surface area contributed by atoms with E-state index in [-0.39, 0.29) is 23.5 Å². The van der Waals surface area contributed by atoms with Gasteiger partial charge < -0.3 is 10.6 Å². The smallest absolute Gasteiger partial charge is 0.255 e. The van der Waals surface area contributed by atoms with Crippen LogP contribution in [0.5, 0.6) is 0 Å². The molecule has 0 aliphatic carbocycles. The molecule has 3 rings (SSSR count). The summed E-state index contributed by atoms with van der Waals surface area (Å²) < 4.78 is 0. The molecule has 7 heteroatoms. The highest BCUT2D eigenvalue weighted by molar-refractivity contribution is 5.82. The van der Waals surface area contributed by atoms with Crippen LogP contribution in [0, 0.1) is 0 Å². The number of aromatic amines is 1. The average molecular weight is 303 g/mol. The lowest BCUT2D eigenvalue weighted by Crippen LogP contribution is -2.48. The van der Waals surface area contributed by atoms with E-state index in [1.165, 1.54) is 0 Å². The maximum Gasteiger partial charge on any atom is 0.255 e. The minimum Gasteiger partial charge on any atom is -0.369 e. The van der Waals surface area contributed by atoms with E-state index < -0.39 is 0 Å². The first kappa shape index (κ1) is 14.8. The van der Waals surface area contributed by atoms with Crippen molar-refractivity contribution in [2.24, 2.45) is 0 Å². The fourth-order valence-electron chi connectivity index (χ4n) is 3.35. The third kappa shape index (κ3) is 2.64. The largest absolute Gasteiger partial charge is 0.369 e. The summed E-state index contributed by atoms with van der Waals surface area (Å²) in [7, 11) is 0. The Bertz CT molecular complexity index is 654. The monoisotopic (exact) mass is 303 g/mol. The number of H-pyrrole nitrogens is 1. The number of hydrogen-bond donors (Lipinski definition) is 2. The van der Waals surface area contributed by atoms with Crippen LogP contribution < -0.4 is 11.3 Å². The molecule has 0 saturated carbocycles. The lowest BCUT2D eigenvalue weighted by atomic mass is 10.0. The van der Waals surface area contributed by atoms with Crippen LogP contribution in [0.15, 0.2) is 17.4 Å². The molecule has 22 heavy (non-hydrogen) atoms. The molecule has 1 aromatic heterocycles. The summed E-state index contributed by atoms with van der Waals surface area (Å²) in [6.07, 6.45) is 4.26. The van der Waals surface area contributed by atoms with Crippen molar-refractivity contribution in [3.05, 3.63) is 34.3 Å². The van der Waals surface area contributed by atoms with Crippen molar-refractivity contribution in [1.29, 1.82) is 0 Å². The van der Waals surface area contributed by atoms with Gasteiger partial charge in [0.15, 0.2) is 0 Å². The summed E-state index contributed by atoms with van der Waals surface area (Å²) in [5, 5.41) is 0. The number of carbonyl (C=O) groups is 1. The Morgan fingerprint density at radius 2 is 2.32 bits per heavy atom. The Morgan fingerprint density at radius 3 is 3.09 bits per heavy atom. The lowest BCUT2D eigenvalue weighted by Gasteiger charge is -2.32. The zero-order valence-corrected chi connectivity index (χ0v) is 12.5. The van der Waals surface area contributed by atoms with Gasteiger partial charge in [-0.25, -0.2) is 4.98 Å². The number of likely N-dealkylation sites (tertiary alicyclic amines) is 1. The fourth-order valence-corrected chi connectivity index (χ4v) is 3.35. The van der Waals surface area contributed by atoms with Gasteiger partial charge in [-0.3, -0.25) is 19.5 Å². The summed E-state index contributed by atoms with van der Waals surface area (Å²) in [6.45, 7) is 6.32. The molecule has 0 radical (unpaired) electrons. The van der Waals surface area contributed by atoms with E-state index in [9.17, 15) is 9.59 Å². The van der Waals surface area contributed by atoms with Gasteiger partial charge in [-0.2, -0.15) is 0 Å². The first-order valence-electron chi connectivity index (χ1n) is 7.61.